The molecule has 1 aromatic carbocycles. The molecule has 0 unspecified atom stereocenters. The molecule has 0 atom stereocenters. The number of carboxylic acids is 2. The first kappa shape index (κ1) is 62.3. The summed E-state index contributed by atoms with van der Waals surface area (Å²) >= 11 is 6.60. The number of aliphatic carboxylic acids is 2. The number of rotatable bonds is 12. The molecule has 24 heteroatoms. The van der Waals surface area contributed by atoms with Crippen LogP contribution in [0.25, 0.3) is 0 Å². The molecule has 14 nitrogen and oxygen atoms in total. The first-order chi connectivity index (χ1) is 25.5. The van der Waals surface area contributed by atoms with Gasteiger partial charge in [0.15, 0.2) is 0 Å². The smallest absolute Gasteiger partial charge is 0.872 e. The van der Waals surface area contributed by atoms with Crippen molar-refractivity contribution >= 4 is 31.3 Å². The van der Waals surface area contributed by atoms with Gasteiger partial charge < -0.3 is 41.3 Å². The van der Waals surface area contributed by atoms with Gasteiger partial charge in [-0.3, -0.25) is 29.7 Å². The van der Waals surface area contributed by atoms with Gasteiger partial charge in [-0.1, -0.05) is 41.6 Å². The minimum Gasteiger partial charge on any atom is -0.872 e. The van der Waals surface area contributed by atoms with Crippen LogP contribution in [0.5, 0.6) is 5.75 Å². The second-order valence-corrected chi connectivity index (χ2v) is 13.9. The Hall–Kier alpha value is -4.35. The zero-order chi connectivity index (χ0) is 41.1. The topological polar surface area (TPSA) is 256 Å². The molecule has 60 heavy (non-hydrogen) atoms. The quantitative estimate of drug-likeness (QED) is 0.0987. The van der Waals surface area contributed by atoms with Crippen molar-refractivity contribution < 1.29 is 99.5 Å². The van der Waals surface area contributed by atoms with Gasteiger partial charge in [0, 0.05) is 81.0 Å². The molecule has 0 bridgehead atoms. The Kier molecular flexibility index (Phi) is 29.3. The molecule has 5 aromatic rings. The van der Waals surface area contributed by atoms with Gasteiger partial charge in [-0.25, -0.2) is 0 Å². The van der Waals surface area contributed by atoms with E-state index in [9.17, 15) is 30.3 Å². The normalized spacial score (nSPS) is 11.1. The number of aromatic nitrogens is 4. The van der Waals surface area contributed by atoms with Crippen LogP contribution in [0.1, 0.15) is 47.8 Å². The van der Waals surface area contributed by atoms with Gasteiger partial charge in [0.2, 0.25) is 0 Å². The van der Waals surface area contributed by atoms with E-state index < -0.39 is 19.7 Å². The number of carbonyl (C=O) groups excluding carboxylic acids is 2. The molecule has 6 N–H and O–H groups in total. The largest absolute Gasteiger partial charge is 3.00 e. The van der Waals surface area contributed by atoms with Crippen molar-refractivity contribution in [2.45, 2.75) is 53.1 Å². The van der Waals surface area contributed by atoms with E-state index in [4.69, 9.17) is 31.4 Å². The second kappa shape index (κ2) is 28.2. The number of hydrogen-bond donors (Lipinski definition) is 0. The molecule has 5 rings (SSSR count). The standard InChI is InChI=1S/C32H31ClN6O.2C2H4O2.F6P.2Ni.3H2O/c33-27-17-25(19-38(21-28-9-1-5-13-34-28)22-29-10-2-6-14-35-29)32(40)26(18-27)20-39(23-30-11-3-7-15-36-30)24-31-12-4-8-16-37-31;2*1-2(3)4;1-7(2,3,4,5)6;;;;;/h1-18,40H,19-24H2;2*1H3,(H,3,4);;;;3*1H2/q;;;-1;2*+3;;;/p-3. The molecule has 336 valence electrons. The van der Waals surface area contributed by atoms with Crippen LogP contribution >= 0.6 is 19.4 Å². The van der Waals surface area contributed by atoms with Crippen LogP contribution in [0.2, 0.25) is 5.02 Å². The van der Waals surface area contributed by atoms with Crippen molar-refractivity contribution in [1.82, 2.24) is 29.7 Å². The monoisotopic (exact) mass is 982 g/mol. The van der Waals surface area contributed by atoms with Crippen LogP contribution < -0.4 is 15.3 Å². The van der Waals surface area contributed by atoms with E-state index in [0.717, 1.165) is 36.6 Å². The number of pyridine rings is 4. The summed E-state index contributed by atoms with van der Waals surface area (Å²) in [5, 5.41) is 32.1. The summed E-state index contributed by atoms with van der Waals surface area (Å²) in [5.41, 5.74) is 4.97. The minimum atomic E-state index is -10.7. The molecular formula is C36H42ClF6N6Ni2O8P+2. The van der Waals surface area contributed by atoms with Gasteiger partial charge in [0.25, 0.3) is 0 Å². The zero-order valence-electron chi connectivity index (χ0n) is 31.6. The molecule has 0 aliphatic rings. The van der Waals surface area contributed by atoms with Crippen LogP contribution in [-0.2, 0) is 81.8 Å². The van der Waals surface area contributed by atoms with Crippen LogP contribution in [0.4, 0.5) is 25.2 Å². The summed E-state index contributed by atoms with van der Waals surface area (Å²) in [5.74, 6) is -2.18. The van der Waals surface area contributed by atoms with Crippen LogP contribution in [0, 0.1) is 0 Å². The Labute approximate surface area is 366 Å². The number of nitrogens with zero attached hydrogens (tertiary/aromatic N) is 6. The van der Waals surface area contributed by atoms with E-state index >= 15 is 0 Å². The van der Waals surface area contributed by atoms with Crippen LogP contribution in [-0.4, -0.2) is 58.1 Å². The summed E-state index contributed by atoms with van der Waals surface area (Å²) < 4.78 is 59.2. The molecule has 0 fully saturated rings. The predicted octanol–water partition coefficient (Wildman–Crippen LogP) is 3.81. The fourth-order valence-electron chi connectivity index (χ4n) is 4.65. The van der Waals surface area contributed by atoms with Gasteiger partial charge in [0.05, 0.1) is 22.8 Å². The number of hydrogen-bond acceptors (Lipinski definition) is 11. The van der Waals surface area contributed by atoms with Gasteiger partial charge in [-0.15, -0.1) is 0 Å². The molecule has 0 saturated heterocycles. The van der Waals surface area contributed by atoms with Gasteiger partial charge in [0.1, 0.15) is 0 Å². The Morgan fingerprint density at radius 2 is 0.767 bits per heavy atom. The Balaban J connectivity index is -0.000000678. The van der Waals surface area contributed by atoms with E-state index in [0.29, 0.717) is 55.4 Å². The number of benzene rings is 1. The van der Waals surface area contributed by atoms with Crippen molar-refractivity contribution in [2.75, 3.05) is 0 Å². The van der Waals surface area contributed by atoms with E-state index in [2.05, 4.69) is 29.7 Å². The average Bonchev–Trinajstić information content (AvgIpc) is 3.07. The van der Waals surface area contributed by atoms with E-state index in [1.807, 2.05) is 72.8 Å². The zero-order valence-corrected chi connectivity index (χ0v) is 35.2. The van der Waals surface area contributed by atoms with Gasteiger partial charge in [-0.05, 0) is 85.6 Å². The molecule has 0 aliphatic carbocycles. The maximum absolute atomic E-state index is 13.8. The Morgan fingerprint density at radius 3 is 0.950 bits per heavy atom. The van der Waals surface area contributed by atoms with Crippen molar-refractivity contribution in [2.24, 2.45) is 0 Å². The van der Waals surface area contributed by atoms with Gasteiger partial charge >= 0.3 is 66.0 Å². The molecule has 0 saturated carbocycles. The average molecular weight is 985 g/mol. The molecular weight excluding hydrogens is 942 g/mol. The Bertz CT molecular complexity index is 1720. The SMILES string of the molecule is CC(=O)[O-].CC(=O)[O-].F[P-](F)(F)(F)(F)F.O.O.O.[Ni+3].[Ni+3].[O-]c1c(CN(Cc2ccccn2)Cc2ccccn2)cc(Cl)cc1CN(Cc1ccccn1)Cc1ccccn1. The molecule has 4 aromatic heterocycles. The van der Waals surface area contributed by atoms with Crippen molar-refractivity contribution in [3.63, 3.8) is 0 Å². The summed E-state index contributed by atoms with van der Waals surface area (Å²) in [6.45, 7) is 5.07. The number of carboxylic acid groups (broad SMARTS) is 2. The maximum atomic E-state index is 13.8. The fourth-order valence-corrected chi connectivity index (χ4v) is 4.91. The second-order valence-electron chi connectivity index (χ2n) is 11.6. The maximum Gasteiger partial charge on any atom is 3.00 e. The number of halogens is 7. The van der Waals surface area contributed by atoms with Gasteiger partial charge in [-0.2, -0.15) is 0 Å². The minimum absolute atomic E-state index is 0. The first-order valence-corrected chi connectivity index (χ1v) is 18.4. The Morgan fingerprint density at radius 1 is 0.550 bits per heavy atom. The third-order valence-corrected chi connectivity index (χ3v) is 6.66. The van der Waals surface area contributed by atoms with E-state index in [-0.39, 0.29) is 55.2 Å². The predicted molar refractivity (Wildman–Crippen MR) is 200 cm³/mol. The summed E-state index contributed by atoms with van der Waals surface area (Å²) in [4.78, 5) is 40.1. The van der Waals surface area contributed by atoms with Crippen molar-refractivity contribution in [3.8, 4) is 5.75 Å². The summed E-state index contributed by atoms with van der Waals surface area (Å²) in [6, 6.07) is 27.0. The van der Waals surface area contributed by atoms with Crippen molar-refractivity contribution in [3.05, 3.63) is 149 Å². The van der Waals surface area contributed by atoms with E-state index in [1.54, 1.807) is 36.9 Å². The fraction of sp³-hybridized carbons (Fsp3) is 0.222. The third kappa shape index (κ3) is 32.5. The summed E-state index contributed by atoms with van der Waals surface area (Å²) in [7, 11) is -10.7. The van der Waals surface area contributed by atoms with Crippen LogP contribution in [0.15, 0.2) is 110 Å². The molecule has 0 spiro atoms. The molecule has 4 heterocycles. The summed E-state index contributed by atoms with van der Waals surface area (Å²) in [6.07, 6.45) is 7.12. The van der Waals surface area contributed by atoms with Crippen molar-refractivity contribution in [1.29, 1.82) is 0 Å². The number of carbonyl (C=O) groups is 2. The third-order valence-electron chi connectivity index (χ3n) is 6.44. The molecule has 0 amide bonds. The van der Waals surface area contributed by atoms with E-state index in [1.165, 1.54) is 0 Å². The molecule has 0 aliphatic heterocycles. The molecule has 2 radical (unpaired) electrons. The first-order valence-electron chi connectivity index (χ1n) is 16.0. The van der Waals surface area contributed by atoms with Crippen LogP contribution in [0.3, 0.4) is 0 Å².